The van der Waals surface area contributed by atoms with Crippen molar-refractivity contribution in [1.29, 1.82) is 0 Å². The van der Waals surface area contributed by atoms with Crippen molar-refractivity contribution in [3.63, 3.8) is 0 Å². The van der Waals surface area contributed by atoms with Crippen LogP contribution in [0.15, 0.2) is 6.33 Å². The maximum absolute atomic E-state index is 11.5. The van der Waals surface area contributed by atoms with Crippen molar-refractivity contribution in [1.82, 2.24) is 20.1 Å². The van der Waals surface area contributed by atoms with Gasteiger partial charge in [0.05, 0.1) is 0 Å². The Morgan fingerprint density at radius 2 is 2.20 bits per heavy atom. The van der Waals surface area contributed by atoms with Crippen LogP contribution in [0.2, 0.25) is 0 Å². The molecule has 0 saturated heterocycles. The maximum Gasteiger partial charge on any atom is 0.225 e. The van der Waals surface area contributed by atoms with Gasteiger partial charge in [-0.1, -0.05) is 20.8 Å². The van der Waals surface area contributed by atoms with Crippen LogP contribution in [0.1, 0.15) is 26.6 Å². The lowest BCUT2D eigenvalue weighted by Gasteiger charge is -2.17. The van der Waals surface area contributed by atoms with Crippen molar-refractivity contribution >= 4 is 5.91 Å². The fraction of sp³-hybridized carbons (Fsp3) is 0.700. The standard InChI is InChI=1S/C10H18N4O/c1-10(2,3)9(15)11-6-5-8-12-7-14(4)13-8/h7H,5-6H2,1-4H3,(H,11,15). The van der Waals surface area contributed by atoms with Crippen LogP contribution in [0, 0.1) is 5.41 Å². The first-order valence-electron chi connectivity index (χ1n) is 5.02. The van der Waals surface area contributed by atoms with E-state index in [1.54, 1.807) is 11.0 Å². The van der Waals surface area contributed by atoms with Crippen molar-refractivity contribution in [3.8, 4) is 0 Å². The molecule has 0 atom stereocenters. The molecule has 1 rings (SSSR count). The molecule has 1 aromatic rings. The summed E-state index contributed by atoms with van der Waals surface area (Å²) >= 11 is 0. The minimum Gasteiger partial charge on any atom is -0.355 e. The van der Waals surface area contributed by atoms with Gasteiger partial charge in [0.15, 0.2) is 5.82 Å². The van der Waals surface area contributed by atoms with Gasteiger partial charge in [0.25, 0.3) is 0 Å². The van der Waals surface area contributed by atoms with Crippen molar-refractivity contribution < 1.29 is 4.79 Å². The van der Waals surface area contributed by atoms with Crippen molar-refractivity contribution in [3.05, 3.63) is 12.2 Å². The molecule has 1 amide bonds. The Labute approximate surface area is 89.9 Å². The topological polar surface area (TPSA) is 59.8 Å². The summed E-state index contributed by atoms with van der Waals surface area (Å²) in [6.07, 6.45) is 2.32. The van der Waals surface area contributed by atoms with E-state index in [0.717, 1.165) is 5.82 Å². The molecule has 0 fully saturated rings. The normalized spacial score (nSPS) is 11.5. The van der Waals surface area contributed by atoms with E-state index in [1.165, 1.54) is 0 Å². The van der Waals surface area contributed by atoms with E-state index in [-0.39, 0.29) is 11.3 Å². The fourth-order valence-electron chi connectivity index (χ4n) is 1.05. The number of amides is 1. The highest BCUT2D eigenvalue weighted by Crippen LogP contribution is 2.11. The first kappa shape index (κ1) is 11.7. The lowest BCUT2D eigenvalue weighted by Crippen LogP contribution is -2.36. The lowest BCUT2D eigenvalue weighted by atomic mass is 9.96. The molecule has 0 saturated carbocycles. The molecule has 0 aliphatic carbocycles. The number of carbonyl (C=O) groups excluding carboxylic acids is 1. The number of hydrogen-bond acceptors (Lipinski definition) is 3. The molecule has 0 radical (unpaired) electrons. The van der Waals surface area contributed by atoms with Crippen LogP contribution in [0.3, 0.4) is 0 Å². The van der Waals surface area contributed by atoms with E-state index in [0.29, 0.717) is 13.0 Å². The number of nitrogens with zero attached hydrogens (tertiary/aromatic N) is 3. The molecular weight excluding hydrogens is 192 g/mol. The van der Waals surface area contributed by atoms with Crippen LogP contribution in [-0.4, -0.2) is 27.2 Å². The van der Waals surface area contributed by atoms with E-state index < -0.39 is 0 Å². The molecule has 5 nitrogen and oxygen atoms in total. The zero-order chi connectivity index (χ0) is 11.5. The van der Waals surface area contributed by atoms with Gasteiger partial charge in [0.2, 0.25) is 5.91 Å². The molecule has 0 spiro atoms. The minimum absolute atomic E-state index is 0.0541. The summed E-state index contributed by atoms with van der Waals surface area (Å²) in [6, 6.07) is 0. The summed E-state index contributed by atoms with van der Waals surface area (Å²) in [5.74, 6) is 0.810. The SMILES string of the molecule is Cn1cnc(CCNC(=O)C(C)(C)C)n1. The van der Waals surface area contributed by atoms with Gasteiger partial charge in [-0.2, -0.15) is 5.10 Å². The van der Waals surface area contributed by atoms with E-state index in [1.807, 2.05) is 27.8 Å². The number of carbonyl (C=O) groups is 1. The summed E-state index contributed by atoms with van der Waals surface area (Å²) in [5.41, 5.74) is -0.336. The molecule has 84 valence electrons. The average Bonchev–Trinajstić information content (AvgIpc) is 2.49. The van der Waals surface area contributed by atoms with E-state index in [9.17, 15) is 4.79 Å². The first-order chi connectivity index (χ1) is 6.89. The smallest absolute Gasteiger partial charge is 0.225 e. The molecule has 15 heavy (non-hydrogen) atoms. The predicted octanol–water partition coefficient (Wildman–Crippen LogP) is 0.520. The highest BCUT2D eigenvalue weighted by atomic mass is 16.2. The van der Waals surface area contributed by atoms with Gasteiger partial charge in [0, 0.05) is 25.4 Å². The second-order valence-electron chi connectivity index (χ2n) is 4.59. The number of nitrogens with one attached hydrogen (secondary N) is 1. The number of hydrogen-bond donors (Lipinski definition) is 1. The van der Waals surface area contributed by atoms with Crippen LogP contribution < -0.4 is 5.32 Å². The van der Waals surface area contributed by atoms with Crippen LogP contribution in [0.4, 0.5) is 0 Å². The molecule has 1 aromatic heterocycles. The highest BCUT2D eigenvalue weighted by molar-refractivity contribution is 5.81. The largest absolute Gasteiger partial charge is 0.355 e. The molecule has 0 aromatic carbocycles. The second-order valence-corrected chi connectivity index (χ2v) is 4.59. The summed E-state index contributed by atoms with van der Waals surface area (Å²) in [7, 11) is 1.82. The van der Waals surface area contributed by atoms with Gasteiger partial charge in [-0.05, 0) is 0 Å². The first-order valence-corrected chi connectivity index (χ1v) is 5.02. The Morgan fingerprint density at radius 3 is 2.67 bits per heavy atom. The third-order valence-corrected chi connectivity index (χ3v) is 1.96. The van der Waals surface area contributed by atoms with Gasteiger partial charge in [-0.15, -0.1) is 0 Å². The second kappa shape index (κ2) is 4.42. The quantitative estimate of drug-likeness (QED) is 0.791. The Hall–Kier alpha value is -1.39. The molecule has 1 heterocycles. The molecule has 0 aliphatic heterocycles. The molecule has 5 heteroatoms. The number of rotatable bonds is 3. The predicted molar refractivity (Wildman–Crippen MR) is 57.2 cm³/mol. The summed E-state index contributed by atoms with van der Waals surface area (Å²) < 4.78 is 1.65. The zero-order valence-electron chi connectivity index (χ0n) is 9.74. The van der Waals surface area contributed by atoms with Gasteiger partial charge in [0.1, 0.15) is 6.33 Å². The van der Waals surface area contributed by atoms with Crippen LogP contribution in [0.25, 0.3) is 0 Å². The van der Waals surface area contributed by atoms with E-state index in [2.05, 4.69) is 15.4 Å². The Kier molecular flexibility index (Phi) is 3.44. The summed E-state index contributed by atoms with van der Waals surface area (Å²) in [5, 5.41) is 6.98. The number of aromatic nitrogens is 3. The van der Waals surface area contributed by atoms with Gasteiger partial charge >= 0.3 is 0 Å². The Bertz CT molecular complexity index is 337. The van der Waals surface area contributed by atoms with Crippen LogP contribution >= 0.6 is 0 Å². The third-order valence-electron chi connectivity index (χ3n) is 1.96. The van der Waals surface area contributed by atoms with Gasteiger partial charge < -0.3 is 5.32 Å². The molecule has 0 unspecified atom stereocenters. The monoisotopic (exact) mass is 210 g/mol. The van der Waals surface area contributed by atoms with Crippen LogP contribution in [-0.2, 0) is 18.3 Å². The molecular formula is C10H18N4O. The molecule has 1 N–H and O–H groups in total. The highest BCUT2D eigenvalue weighted by Gasteiger charge is 2.20. The van der Waals surface area contributed by atoms with Gasteiger partial charge in [-0.3, -0.25) is 9.48 Å². The maximum atomic E-state index is 11.5. The van der Waals surface area contributed by atoms with Crippen molar-refractivity contribution in [2.75, 3.05) is 6.54 Å². The average molecular weight is 210 g/mol. The number of aryl methyl sites for hydroxylation is 1. The Morgan fingerprint density at radius 1 is 1.53 bits per heavy atom. The van der Waals surface area contributed by atoms with E-state index in [4.69, 9.17) is 0 Å². The summed E-state index contributed by atoms with van der Waals surface area (Å²) in [4.78, 5) is 15.6. The molecule has 0 aliphatic rings. The molecule has 0 bridgehead atoms. The third kappa shape index (κ3) is 3.69. The van der Waals surface area contributed by atoms with Gasteiger partial charge in [-0.25, -0.2) is 4.98 Å². The zero-order valence-corrected chi connectivity index (χ0v) is 9.74. The Balaban J connectivity index is 2.31. The lowest BCUT2D eigenvalue weighted by molar-refractivity contribution is -0.128. The fourth-order valence-corrected chi connectivity index (χ4v) is 1.05. The van der Waals surface area contributed by atoms with Crippen molar-refractivity contribution in [2.24, 2.45) is 12.5 Å². The minimum atomic E-state index is -0.336. The summed E-state index contributed by atoms with van der Waals surface area (Å²) in [6.45, 7) is 6.25. The van der Waals surface area contributed by atoms with E-state index >= 15 is 0 Å². The van der Waals surface area contributed by atoms with Crippen molar-refractivity contribution in [2.45, 2.75) is 27.2 Å². The van der Waals surface area contributed by atoms with Crippen LogP contribution in [0.5, 0.6) is 0 Å².